The van der Waals surface area contributed by atoms with Gasteiger partial charge in [0.1, 0.15) is 0 Å². The molecule has 0 bridgehead atoms. The van der Waals surface area contributed by atoms with Gasteiger partial charge in [-0.1, -0.05) is 13.8 Å². The molecule has 1 aromatic heterocycles. The van der Waals surface area contributed by atoms with Crippen molar-refractivity contribution in [2.75, 3.05) is 6.54 Å². The first-order valence-corrected chi connectivity index (χ1v) is 6.20. The van der Waals surface area contributed by atoms with Crippen molar-refractivity contribution in [1.82, 2.24) is 15.1 Å². The first-order valence-electron chi connectivity index (χ1n) is 6.20. The molecule has 4 nitrogen and oxygen atoms in total. The van der Waals surface area contributed by atoms with Crippen LogP contribution in [0.4, 0.5) is 0 Å². The van der Waals surface area contributed by atoms with Crippen molar-refractivity contribution in [3.63, 3.8) is 0 Å². The molecule has 17 heavy (non-hydrogen) atoms. The summed E-state index contributed by atoms with van der Waals surface area (Å²) in [6, 6.07) is 2.01. The summed E-state index contributed by atoms with van der Waals surface area (Å²) in [5, 5.41) is 7.56. The van der Waals surface area contributed by atoms with Crippen LogP contribution in [0.15, 0.2) is 6.07 Å². The average molecular weight is 237 g/mol. The van der Waals surface area contributed by atoms with E-state index in [1.807, 2.05) is 33.9 Å². The molecule has 0 spiro atoms. The number of aryl methyl sites for hydroxylation is 2. The molecular weight excluding hydrogens is 214 g/mol. The van der Waals surface area contributed by atoms with E-state index < -0.39 is 5.54 Å². The van der Waals surface area contributed by atoms with E-state index in [-0.39, 0.29) is 5.78 Å². The number of nitrogens with zero attached hydrogens (tertiary/aromatic N) is 2. The lowest BCUT2D eigenvalue weighted by Crippen LogP contribution is -2.47. The van der Waals surface area contributed by atoms with Crippen molar-refractivity contribution < 1.29 is 4.79 Å². The van der Waals surface area contributed by atoms with Gasteiger partial charge in [-0.3, -0.25) is 9.48 Å². The van der Waals surface area contributed by atoms with E-state index in [0.29, 0.717) is 6.42 Å². The summed E-state index contributed by atoms with van der Waals surface area (Å²) in [6.07, 6.45) is 1.34. The lowest BCUT2D eigenvalue weighted by atomic mass is 9.95. The van der Waals surface area contributed by atoms with E-state index in [0.717, 1.165) is 24.4 Å². The Bertz CT molecular complexity index is 393. The summed E-state index contributed by atoms with van der Waals surface area (Å²) < 4.78 is 1.80. The number of nitrogens with one attached hydrogen (secondary N) is 1. The van der Waals surface area contributed by atoms with Crippen molar-refractivity contribution in [2.24, 2.45) is 7.05 Å². The molecule has 0 radical (unpaired) electrons. The lowest BCUT2D eigenvalue weighted by Gasteiger charge is -2.23. The number of aromatic nitrogens is 2. The maximum absolute atomic E-state index is 12.2. The Morgan fingerprint density at radius 2 is 2.12 bits per heavy atom. The van der Waals surface area contributed by atoms with Crippen LogP contribution in [0.25, 0.3) is 0 Å². The third-order valence-corrected chi connectivity index (χ3v) is 3.05. The number of ketones is 1. The number of hydrogen-bond acceptors (Lipinski definition) is 3. The normalized spacial score (nSPS) is 11.8. The Kier molecular flexibility index (Phi) is 4.46. The number of likely N-dealkylation sites (N-methyl/N-ethyl adjacent to an activating group) is 1. The molecule has 0 aliphatic heterocycles. The Morgan fingerprint density at radius 3 is 2.59 bits per heavy atom. The summed E-state index contributed by atoms with van der Waals surface area (Å²) in [7, 11) is 1.89. The molecule has 0 aliphatic rings. The third-order valence-electron chi connectivity index (χ3n) is 3.05. The molecule has 0 saturated heterocycles. The minimum Gasteiger partial charge on any atom is -0.306 e. The number of carbonyl (C=O) groups excluding carboxylic acids is 1. The molecule has 1 N–H and O–H groups in total. The first kappa shape index (κ1) is 13.9. The highest BCUT2D eigenvalue weighted by atomic mass is 16.1. The fourth-order valence-corrected chi connectivity index (χ4v) is 1.84. The summed E-state index contributed by atoms with van der Waals surface area (Å²) in [4.78, 5) is 12.2. The van der Waals surface area contributed by atoms with Gasteiger partial charge in [-0.25, -0.2) is 0 Å². The van der Waals surface area contributed by atoms with Gasteiger partial charge in [0.2, 0.25) is 0 Å². The lowest BCUT2D eigenvalue weighted by molar-refractivity contribution is -0.123. The molecule has 1 heterocycles. The van der Waals surface area contributed by atoms with Crippen LogP contribution in [0.3, 0.4) is 0 Å². The zero-order valence-electron chi connectivity index (χ0n) is 11.5. The predicted octanol–water partition coefficient (Wildman–Crippen LogP) is 1.48. The number of carbonyl (C=O) groups is 1. The molecule has 96 valence electrons. The van der Waals surface area contributed by atoms with Gasteiger partial charge in [0.05, 0.1) is 17.7 Å². The van der Waals surface area contributed by atoms with Crippen LogP contribution >= 0.6 is 0 Å². The Morgan fingerprint density at radius 1 is 1.47 bits per heavy atom. The summed E-state index contributed by atoms with van der Waals surface area (Å²) in [5.74, 6) is 0.199. The second kappa shape index (κ2) is 5.45. The topological polar surface area (TPSA) is 46.9 Å². The van der Waals surface area contributed by atoms with Crippen LogP contribution in [0, 0.1) is 0 Å². The second-order valence-corrected chi connectivity index (χ2v) is 4.86. The van der Waals surface area contributed by atoms with E-state index >= 15 is 0 Å². The monoisotopic (exact) mass is 237 g/mol. The molecule has 0 amide bonds. The third kappa shape index (κ3) is 3.40. The van der Waals surface area contributed by atoms with E-state index in [9.17, 15) is 4.79 Å². The van der Waals surface area contributed by atoms with Gasteiger partial charge in [0.15, 0.2) is 5.78 Å². The van der Waals surface area contributed by atoms with Crippen molar-refractivity contribution in [1.29, 1.82) is 0 Å². The van der Waals surface area contributed by atoms with E-state index in [2.05, 4.69) is 17.3 Å². The summed E-state index contributed by atoms with van der Waals surface area (Å²) >= 11 is 0. The van der Waals surface area contributed by atoms with Crippen molar-refractivity contribution >= 4 is 5.78 Å². The standard InChI is InChI=1S/C13H23N3O/c1-6-10-8-11(16(5)15-10)9-12(17)13(3,4)14-7-2/h8,14H,6-7,9H2,1-5H3. The molecule has 0 fully saturated rings. The fraction of sp³-hybridized carbons (Fsp3) is 0.692. The summed E-state index contributed by atoms with van der Waals surface area (Å²) in [5.41, 5.74) is 1.56. The van der Waals surface area contributed by atoms with Crippen LogP contribution < -0.4 is 5.32 Å². The van der Waals surface area contributed by atoms with Crippen LogP contribution in [0.1, 0.15) is 39.1 Å². The number of hydrogen-bond donors (Lipinski definition) is 1. The first-order chi connectivity index (χ1) is 7.90. The molecule has 0 aliphatic carbocycles. The SMILES string of the molecule is CCNC(C)(C)C(=O)Cc1cc(CC)nn1C. The van der Waals surface area contributed by atoms with Crippen LogP contribution in [-0.4, -0.2) is 27.6 Å². The van der Waals surface area contributed by atoms with Crippen LogP contribution in [-0.2, 0) is 24.7 Å². The van der Waals surface area contributed by atoms with E-state index in [4.69, 9.17) is 0 Å². The Hall–Kier alpha value is -1.16. The van der Waals surface area contributed by atoms with Crippen molar-refractivity contribution in [2.45, 2.75) is 46.1 Å². The fourth-order valence-electron chi connectivity index (χ4n) is 1.84. The van der Waals surface area contributed by atoms with Crippen molar-refractivity contribution in [3.05, 3.63) is 17.5 Å². The van der Waals surface area contributed by atoms with Crippen molar-refractivity contribution in [3.8, 4) is 0 Å². The zero-order chi connectivity index (χ0) is 13.1. The van der Waals surface area contributed by atoms with Gasteiger partial charge in [-0.05, 0) is 32.9 Å². The number of Topliss-reactive ketones (excluding diaryl/α,β-unsaturated/α-hetero) is 1. The molecule has 0 atom stereocenters. The van der Waals surface area contributed by atoms with E-state index in [1.165, 1.54) is 0 Å². The summed E-state index contributed by atoms with van der Waals surface area (Å²) in [6.45, 7) is 8.72. The van der Waals surface area contributed by atoms with Gasteiger partial charge < -0.3 is 5.32 Å². The Balaban J connectivity index is 2.77. The molecule has 1 rings (SSSR count). The highest BCUT2D eigenvalue weighted by Crippen LogP contribution is 2.11. The highest BCUT2D eigenvalue weighted by Gasteiger charge is 2.26. The van der Waals surface area contributed by atoms with Gasteiger partial charge >= 0.3 is 0 Å². The smallest absolute Gasteiger partial charge is 0.158 e. The molecule has 1 aromatic rings. The molecule has 0 aromatic carbocycles. The van der Waals surface area contributed by atoms with Gasteiger partial charge in [-0.15, -0.1) is 0 Å². The average Bonchev–Trinajstić information content (AvgIpc) is 2.59. The molecule has 4 heteroatoms. The second-order valence-electron chi connectivity index (χ2n) is 4.86. The van der Waals surface area contributed by atoms with E-state index in [1.54, 1.807) is 4.68 Å². The largest absolute Gasteiger partial charge is 0.306 e. The van der Waals surface area contributed by atoms with Crippen LogP contribution in [0.2, 0.25) is 0 Å². The maximum Gasteiger partial charge on any atom is 0.158 e. The Labute approximate surface area is 103 Å². The van der Waals surface area contributed by atoms with Crippen LogP contribution in [0.5, 0.6) is 0 Å². The van der Waals surface area contributed by atoms with Gasteiger partial charge in [-0.2, -0.15) is 5.10 Å². The van der Waals surface area contributed by atoms with Gasteiger partial charge in [0.25, 0.3) is 0 Å². The molecule has 0 saturated carbocycles. The molecule has 0 unspecified atom stereocenters. The minimum atomic E-state index is -0.467. The molecular formula is C13H23N3O. The number of rotatable bonds is 6. The zero-order valence-corrected chi connectivity index (χ0v) is 11.5. The maximum atomic E-state index is 12.2. The highest BCUT2D eigenvalue weighted by molar-refractivity contribution is 5.89. The minimum absolute atomic E-state index is 0.199. The predicted molar refractivity (Wildman–Crippen MR) is 69.1 cm³/mol. The van der Waals surface area contributed by atoms with Gasteiger partial charge in [0, 0.05) is 12.7 Å². The quantitative estimate of drug-likeness (QED) is 0.815.